The zero-order chi connectivity index (χ0) is 21.7. The first-order valence-electron chi connectivity index (χ1n) is 8.80. The van der Waals surface area contributed by atoms with Crippen LogP contribution < -0.4 is 15.4 Å². The second-order valence-electron chi connectivity index (χ2n) is 6.29. The van der Waals surface area contributed by atoms with Crippen LogP contribution in [0.15, 0.2) is 59.2 Å². The largest absolute Gasteiger partial charge is 0.469 e. The van der Waals surface area contributed by atoms with Crippen molar-refractivity contribution in [3.8, 4) is 5.75 Å². The molecular weight excluding hydrogens is 401 g/mol. The maximum atomic E-state index is 14.1. The molecule has 0 saturated heterocycles. The summed E-state index contributed by atoms with van der Waals surface area (Å²) in [4.78, 5) is 24.5. The van der Waals surface area contributed by atoms with Gasteiger partial charge >= 0.3 is 6.61 Å². The molecular formula is C21H17F3N2O4. The molecule has 3 rings (SSSR count). The number of hydrogen-bond acceptors (Lipinski definition) is 4. The van der Waals surface area contributed by atoms with Crippen molar-refractivity contribution < 1.29 is 31.9 Å². The molecule has 0 spiro atoms. The minimum Gasteiger partial charge on any atom is -0.469 e. The Morgan fingerprint density at radius 1 is 1.07 bits per heavy atom. The Bertz CT molecular complexity index is 1050. The van der Waals surface area contributed by atoms with Gasteiger partial charge in [0, 0.05) is 5.69 Å². The maximum Gasteiger partial charge on any atom is 0.387 e. The molecule has 0 radical (unpaired) electrons. The third-order valence-corrected chi connectivity index (χ3v) is 4.11. The third-order valence-electron chi connectivity index (χ3n) is 4.11. The van der Waals surface area contributed by atoms with Gasteiger partial charge in [-0.05, 0) is 48.9 Å². The molecule has 6 nitrogen and oxygen atoms in total. The molecule has 0 aliphatic rings. The molecule has 2 aromatic carbocycles. The van der Waals surface area contributed by atoms with Gasteiger partial charge in [-0.2, -0.15) is 8.78 Å². The average Bonchev–Trinajstić information content (AvgIpc) is 3.11. The molecule has 30 heavy (non-hydrogen) atoms. The second-order valence-corrected chi connectivity index (χ2v) is 6.29. The first kappa shape index (κ1) is 21.0. The summed E-state index contributed by atoms with van der Waals surface area (Å²) < 4.78 is 47.7. The lowest BCUT2D eigenvalue weighted by molar-refractivity contribution is -0.115. The van der Waals surface area contributed by atoms with Crippen LogP contribution in [0.3, 0.4) is 0 Å². The summed E-state index contributed by atoms with van der Waals surface area (Å²) in [6.45, 7) is -1.32. The highest BCUT2D eigenvalue weighted by Gasteiger charge is 2.15. The smallest absolute Gasteiger partial charge is 0.387 e. The second kappa shape index (κ2) is 9.17. The number of benzene rings is 2. The van der Waals surface area contributed by atoms with Gasteiger partial charge in [-0.1, -0.05) is 12.1 Å². The Morgan fingerprint density at radius 3 is 2.43 bits per heavy atom. The monoisotopic (exact) mass is 418 g/mol. The van der Waals surface area contributed by atoms with Gasteiger partial charge in [-0.15, -0.1) is 0 Å². The summed E-state index contributed by atoms with van der Waals surface area (Å²) in [5, 5.41) is 5.04. The molecule has 3 aromatic rings. The predicted molar refractivity (Wildman–Crippen MR) is 103 cm³/mol. The summed E-state index contributed by atoms with van der Waals surface area (Å²) in [5.74, 6) is -1.25. The number of alkyl halides is 2. The van der Waals surface area contributed by atoms with Crippen LogP contribution in [0.1, 0.15) is 21.7 Å². The van der Waals surface area contributed by atoms with Crippen LogP contribution in [0.4, 0.5) is 24.5 Å². The van der Waals surface area contributed by atoms with Crippen LogP contribution in [-0.4, -0.2) is 18.4 Å². The van der Waals surface area contributed by atoms with E-state index >= 15 is 0 Å². The molecule has 0 bridgehead atoms. The van der Waals surface area contributed by atoms with E-state index in [9.17, 15) is 22.8 Å². The van der Waals surface area contributed by atoms with Gasteiger partial charge in [0.2, 0.25) is 5.91 Å². The number of aryl methyl sites for hydroxylation is 1. The first-order chi connectivity index (χ1) is 14.3. The Balaban J connectivity index is 1.63. The van der Waals surface area contributed by atoms with Gasteiger partial charge in [-0.3, -0.25) is 9.59 Å². The number of carbonyl (C=O) groups is 2. The fourth-order valence-corrected chi connectivity index (χ4v) is 2.69. The highest BCUT2D eigenvalue weighted by Crippen LogP contribution is 2.22. The lowest BCUT2D eigenvalue weighted by Crippen LogP contribution is -2.16. The summed E-state index contributed by atoms with van der Waals surface area (Å²) in [5.41, 5.74) is 1.01. The standard InChI is InChI=1S/C21H17F3N2O4/c1-12-16(8-9-29-12)20(28)26-18-11-14(4-7-17(18)22)25-19(27)10-13-2-5-15(6-3-13)30-21(23)24/h2-9,11,21H,10H2,1H3,(H,25,27)(H,26,28). The molecule has 0 unspecified atom stereocenters. The van der Waals surface area contributed by atoms with Crippen LogP contribution in [0, 0.1) is 12.7 Å². The Kier molecular flexibility index (Phi) is 6.41. The minimum atomic E-state index is -2.93. The number of halogens is 3. The summed E-state index contributed by atoms with van der Waals surface area (Å²) in [6, 6.07) is 10.9. The van der Waals surface area contributed by atoms with Gasteiger partial charge in [0.25, 0.3) is 5.91 Å². The number of carbonyl (C=O) groups excluding carboxylic acids is 2. The lowest BCUT2D eigenvalue weighted by Gasteiger charge is -2.10. The van der Waals surface area contributed by atoms with Gasteiger partial charge in [-0.25, -0.2) is 4.39 Å². The lowest BCUT2D eigenvalue weighted by atomic mass is 10.1. The van der Waals surface area contributed by atoms with E-state index in [0.29, 0.717) is 11.3 Å². The zero-order valence-electron chi connectivity index (χ0n) is 15.7. The molecule has 0 atom stereocenters. The van der Waals surface area contributed by atoms with Crippen LogP contribution in [0.2, 0.25) is 0 Å². The molecule has 1 aromatic heterocycles. The van der Waals surface area contributed by atoms with Crippen LogP contribution in [0.25, 0.3) is 0 Å². The van der Waals surface area contributed by atoms with E-state index in [1.807, 2.05) is 0 Å². The zero-order valence-corrected chi connectivity index (χ0v) is 15.7. The van der Waals surface area contributed by atoms with Gasteiger partial charge < -0.3 is 19.8 Å². The van der Waals surface area contributed by atoms with Crippen molar-refractivity contribution >= 4 is 23.2 Å². The number of ether oxygens (including phenoxy) is 1. The fourth-order valence-electron chi connectivity index (χ4n) is 2.69. The molecule has 1 heterocycles. The average molecular weight is 418 g/mol. The van der Waals surface area contributed by atoms with E-state index in [4.69, 9.17) is 4.42 Å². The van der Waals surface area contributed by atoms with Crippen molar-refractivity contribution in [1.29, 1.82) is 0 Å². The highest BCUT2D eigenvalue weighted by atomic mass is 19.3. The molecule has 0 aliphatic heterocycles. The Morgan fingerprint density at radius 2 is 1.80 bits per heavy atom. The van der Waals surface area contributed by atoms with E-state index in [-0.39, 0.29) is 29.1 Å². The molecule has 0 saturated carbocycles. The number of rotatable bonds is 7. The molecule has 0 fully saturated rings. The number of furan rings is 1. The SMILES string of the molecule is Cc1occc1C(=O)Nc1cc(NC(=O)Cc2ccc(OC(F)F)cc2)ccc1F. The van der Waals surface area contributed by atoms with Gasteiger partial charge in [0.05, 0.1) is 23.9 Å². The van der Waals surface area contributed by atoms with Crippen molar-refractivity contribution in [2.24, 2.45) is 0 Å². The van der Waals surface area contributed by atoms with Crippen LogP contribution in [0.5, 0.6) is 5.75 Å². The molecule has 9 heteroatoms. The molecule has 156 valence electrons. The Labute approximate surface area is 169 Å². The highest BCUT2D eigenvalue weighted by molar-refractivity contribution is 6.05. The molecule has 0 aliphatic carbocycles. The van der Waals surface area contributed by atoms with Crippen LogP contribution in [-0.2, 0) is 11.2 Å². The number of hydrogen-bond donors (Lipinski definition) is 2. The van der Waals surface area contributed by atoms with E-state index in [1.165, 1.54) is 48.7 Å². The van der Waals surface area contributed by atoms with Gasteiger partial charge in [0.15, 0.2) is 0 Å². The van der Waals surface area contributed by atoms with E-state index in [2.05, 4.69) is 15.4 Å². The van der Waals surface area contributed by atoms with Gasteiger partial charge in [0.1, 0.15) is 17.3 Å². The van der Waals surface area contributed by atoms with E-state index in [0.717, 1.165) is 6.07 Å². The first-order valence-corrected chi connectivity index (χ1v) is 8.80. The fraction of sp³-hybridized carbons (Fsp3) is 0.143. The normalized spacial score (nSPS) is 10.7. The van der Waals surface area contributed by atoms with Crippen molar-refractivity contribution in [3.63, 3.8) is 0 Å². The maximum absolute atomic E-state index is 14.1. The van der Waals surface area contributed by atoms with Crippen molar-refractivity contribution in [1.82, 2.24) is 0 Å². The van der Waals surface area contributed by atoms with Crippen molar-refractivity contribution in [2.75, 3.05) is 10.6 Å². The molecule has 2 amide bonds. The van der Waals surface area contributed by atoms with Crippen LogP contribution >= 0.6 is 0 Å². The van der Waals surface area contributed by atoms with Crippen molar-refractivity contribution in [3.05, 3.63) is 77.5 Å². The minimum absolute atomic E-state index is 0.0130. The summed E-state index contributed by atoms with van der Waals surface area (Å²) >= 11 is 0. The van der Waals surface area contributed by atoms with E-state index < -0.39 is 24.2 Å². The summed E-state index contributed by atoms with van der Waals surface area (Å²) in [7, 11) is 0. The van der Waals surface area contributed by atoms with E-state index in [1.54, 1.807) is 6.92 Å². The molecule has 2 N–H and O–H groups in total. The predicted octanol–water partition coefficient (Wildman–Crippen LogP) is 4.76. The topological polar surface area (TPSA) is 80.6 Å². The quantitative estimate of drug-likeness (QED) is 0.580. The number of anilines is 2. The summed E-state index contributed by atoms with van der Waals surface area (Å²) in [6.07, 6.45) is 1.31. The Hall–Kier alpha value is -3.75. The number of amides is 2. The third kappa shape index (κ3) is 5.40. The number of nitrogens with one attached hydrogen (secondary N) is 2. The van der Waals surface area contributed by atoms with Crippen molar-refractivity contribution in [2.45, 2.75) is 20.0 Å².